The van der Waals surface area contributed by atoms with E-state index in [1.807, 2.05) is 0 Å². The van der Waals surface area contributed by atoms with E-state index in [1.165, 1.54) is 36.4 Å². The van der Waals surface area contributed by atoms with E-state index in [9.17, 15) is 27.0 Å². The molecule has 0 atom stereocenters. The maximum Gasteiger partial charge on any atom is 0.327 e. The molecule has 0 aromatic heterocycles. The van der Waals surface area contributed by atoms with Crippen molar-refractivity contribution in [3.63, 3.8) is 0 Å². The number of hydrogen-bond acceptors (Lipinski definition) is 9. The molecule has 11 heteroatoms. The van der Waals surface area contributed by atoms with Crippen LogP contribution in [0.1, 0.15) is 0 Å². The van der Waals surface area contributed by atoms with Crippen molar-refractivity contribution in [1.82, 2.24) is 0 Å². The number of benzene rings is 4. The summed E-state index contributed by atoms with van der Waals surface area (Å²) in [6.07, 6.45) is 0. The molecule has 0 saturated heterocycles. The van der Waals surface area contributed by atoms with Gasteiger partial charge in [0, 0.05) is 11.1 Å². The van der Waals surface area contributed by atoms with E-state index in [4.69, 9.17) is 9.07 Å². The van der Waals surface area contributed by atoms with Crippen molar-refractivity contribution < 1.29 is 40.5 Å². The second kappa shape index (κ2) is 11.1. The van der Waals surface area contributed by atoms with Crippen LogP contribution in [0.5, 0.6) is 11.5 Å². The first-order valence-corrected chi connectivity index (χ1v) is 13.7. The Morgan fingerprint density at radius 3 is 1.49 bits per heavy atom. The second-order valence-corrected chi connectivity index (χ2v) is 10.7. The average Bonchev–Trinajstić information content (AvgIpc) is 2.89. The Balaban J connectivity index is 1.45. The maximum atomic E-state index is 12.8. The summed E-state index contributed by atoms with van der Waals surface area (Å²) in [6, 6.07) is 25.5. The van der Waals surface area contributed by atoms with Gasteiger partial charge in [-0.2, -0.15) is 16.8 Å². The minimum absolute atomic E-state index is 0.191. The first-order chi connectivity index (χ1) is 17.7. The molecule has 4 rings (SSSR count). The molecule has 0 heterocycles. The van der Waals surface area contributed by atoms with Crippen molar-refractivity contribution in [3.05, 3.63) is 97.1 Å². The average molecular weight is 543 g/mol. The third kappa shape index (κ3) is 5.98. The van der Waals surface area contributed by atoms with Gasteiger partial charge in [0.1, 0.15) is 27.9 Å². The first-order valence-electron chi connectivity index (χ1n) is 10.9. The Hall–Kier alpha value is -3.74. The third-order valence-electron chi connectivity index (χ3n) is 5.20. The van der Waals surface area contributed by atoms with Gasteiger partial charge in [-0.3, -0.25) is 4.18 Å². The largest absolute Gasteiger partial charge is 0.506 e. The van der Waals surface area contributed by atoms with Crippen LogP contribution in [0, 0.1) is 0 Å². The highest BCUT2D eigenvalue weighted by atomic mass is 32.2. The van der Waals surface area contributed by atoms with Crippen LogP contribution in [-0.4, -0.2) is 40.3 Å². The molecule has 0 aliphatic rings. The van der Waals surface area contributed by atoms with Crippen LogP contribution in [0.25, 0.3) is 22.3 Å². The molecular weight excluding hydrogens is 520 g/mol. The summed E-state index contributed by atoms with van der Waals surface area (Å²) in [6.45, 7) is -1.21. The van der Waals surface area contributed by atoms with Gasteiger partial charge in [0.05, 0.1) is 6.61 Å². The van der Waals surface area contributed by atoms with Crippen molar-refractivity contribution in [2.75, 3.05) is 13.2 Å². The number of phenols is 2. The summed E-state index contributed by atoms with van der Waals surface area (Å²) in [5.74, 6) is -1.05. The SMILES string of the molecule is O=S(=O)(OCCOOS(=O)(=O)c1c(O)cccc1-c1ccccc1)c1c(O)cccc1-c1ccccc1. The molecule has 0 fully saturated rings. The highest BCUT2D eigenvalue weighted by molar-refractivity contribution is 7.87. The van der Waals surface area contributed by atoms with Gasteiger partial charge in [0.25, 0.3) is 0 Å². The van der Waals surface area contributed by atoms with E-state index in [-0.39, 0.29) is 11.1 Å². The van der Waals surface area contributed by atoms with Gasteiger partial charge in [-0.1, -0.05) is 84.9 Å². The zero-order chi connectivity index (χ0) is 26.5. The van der Waals surface area contributed by atoms with Gasteiger partial charge in [0.15, 0.2) is 0 Å². The first kappa shape index (κ1) is 26.3. The lowest BCUT2D eigenvalue weighted by atomic mass is 10.1. The van der Waals surface area contributed by atoms with Crippen LogP contribution in [0.4, 0.5) is 0 Å². The van der Waals surface area contributed by atoms with Crippen molar-refractivity contribution in [2.24, 2.45) is 0 Å². The van der Waals surface area contributed by atoms with Crippen molar-refractivity contribution in [2.45, 2.75) is 9.79 Å². The molecule has 4 aromatic carbocycles. The molecule has 192 valence electrons. The van der Waals surface area contributed by atoms with Gasteiger partial charge in [0.2, 0.25) is 0 Å². The van der Waals surface area contributed by atoms with Crippen LogP contribution in [0.2, 0.25) is 0 Å². The molecule has 0 aliphatic heterocycles. The number of rotatable bonds is 10. The zero-order valence-corrected chi connectivity index (χ0v) is 20.9. The van der Waals surface area contributed by atoms with E-state index in [2.05, 4.69) is 4.33 Å². The molecule has 4 aromatic rings. The van der Waals surface area contributed by atoms with Crippen molar-refractivity contribution in [1.29, 1.82) is 0 Å². The highest BCUT2D eigenvalue weighted by Gasteiger charge is 2.27. The van der Waals surface area contributed by atoms with Gasteiger partial charge in [-0.15, -0.1) is 4.33 Å². The summed E-state index contributed by atoms with van der Waals surface area (Å²) in [7, 11) is -9.07. The fraction of sp³-hybridized carbons (Fsp3) is 0.0769. The zero-order valence-electron chi connectivity index (χ0n) is 19.2. The Labute approximate surface area is 214 Å². The number of phenolic OH excluding ortho intramolecular Hbond substituents is 2. The Kier molecular flexibility index (Phi) is 7.91. The van der Waals surface area contributed by atoms with Crippen LogP contribution < -0.4 is 0 Å². The molecule has 0 saturated carbocycles. The summed E-state index contributed by atoms with van der Waals surface area (Å²) < 4.78 is 60.8. The number of hydrogen-bond donors (Lipinski definition) is 2. The molecule has 2 N–H and O–H groups in total. The molecule has 9 nitrogen and oxygen atoms in total. The number of aromatic hydroxyl groups is 2. The highest BCUT2D eigenvalue weighted by Crippen LogP contribution is 2.36. The van der Waals surface area contributed by atoms with Crippen molar-refractivity contribution in [3.8, 4) is 33.8 Å². The Morgan fingerprint density at radius 1 is 0.541 bits per heavy atom. The lowest BCUT2D eigenvalue weighted by Gasteiger charge is -2.13. The quantitative estimate of drug-likeness (QED) is 0.129. The minimum Gasteiger partial charge on any atom is -0.506 e. The topological polar surface area (TPSA) is 136 Å². The predicted molar refractivity (Wildman–Crippen MR) is 134 cm³/mol. The van der Waals surface area contributed by atoms with Crippen LogP contribution >= 0.6 is 0 Å². The smallest absolute Gasteiger partial charge is 0.327 e. The lowest BCUT2D eigenvalue weighted by molar-refractivity contribution is -0.205. The van der Waals surface area contributed by atoms with Crippen molar-refractivity contribution >= 4 is 20.2 Å². The lowest BCUT2D eigenvalue weighted by Crippen LogP contribution is -2.15. The molecular formula is C26H22O9S2. The summed E-state index contributed by atoms with van der Waals surface area (Å²) in [5.41, 5.74) is 1.49. The van der Waals surface area contributed by atoms with Gasteiger partial charge in [-0.05, 0) is 23.3 Å². The predicted octanol–water partition coefficient (Wildman–Crippen LogP) is 4.47. The van der Waals surface area contributed by atoms with Gasteiger partial charge >= 0.3 is 20.2 Å². The van der Waals surface area contributed by atoms with E-state index >= 15 is 0 Å². The van der Waals surface area contributed by atoms with E-state index < -0.39 is 54.7 Å². The molecule has 0 amide bonds. The molecule has 0 radical (unpaired) electrons. The summed E-state index contributed by atoms with van der Waals surface area (Å²) >= 11 is 0. The molecule has 0 bridgehead atoms. The Morgan fingerprint density at radius 2 is 1.00 bits per heavy atom. The molecule has 0 spiro atoms. The summed E-state index contributed by atoms with van der Waals surface area (Å²) in [5, 5.41) is 20.5. The van der Waals surface area contributed by atoms with E-state index in [0.717, 1.165) is 0 Å². The molecule has 37 heavy (non-hydrogen) atoms. The minimum atomic E-state index is -4.60. The van der Waals surface area contributed by atoms with Gasteiger partial charge in [-0.25, -0.2) is 4.89 Å². The monoisotopic (exact) mass is 542 g/mol. The molecule has 0 unspecified atom stereocenters. The fourth-order valence-corrected chi connectivity index (χ4v) is 5.86. The van der Waals surface area contributed by atoms with Crippen LogP contribution in [0.15, 0.2) is 107 Å². The normalized spacial score (nSPS) is 11.9. The Bertz CT molecular complexity index is 1470. The molecule has 0 aliphatic carbocycles. The van der Waals surface area contributed by atoms with E-state index in [0.29, 0.717) is 11.1 Å². The third-order valence-corrected chi connectivity index (χ3v) is 7.81. The fourth-order valence-electron chi connectivity index (χ4n) is 3.63. The van der Waals surface area contributed by atoms with Crippen LogP contribution in [0.3, 0.4) is 0 Å². The second-order valence-electron chi connectivity index (χ2n) is 7.66. The maximum absolute atomic E-state index is 12.8. The van der Waals surface area contributed by atoms with Crippen LogP contribution in [-0.2, 0) is 33.6 Å². The van der Waals surface area contributed by atoms with E-state index in [1.54, 1.807) is 60.7 Å². The van der Waals surface area contributed by atoms with Gasteiger partial charge < -0.3 is 10.2 Å². The standard InChI is InChI=1S/C26H22O9S2/c27-23-15-7-13-21(19-9-3-1-4-10-19)25(23)36(29,30)34-18-17-33-35-37(31,32)26-22(14-8-16-24(26)28)20-11-5-2-6-12-20/h1-16,27-28H,17-18H2. The summed E-state index contributed by atoms with van der Waals surface area (Å²) in [4.78, 5) is 3.79.